The minimum atomic E-state index is 0.463. The lowest BCUT2D eigenvalue weighted by molar-refractivity contribution is 0.127. The van der Waals surface area contributed by atoms with Gasteiger partial charge in [-0.05, 0) is 19.4 Å². The zero-order chi connectivity index (χ0) is 17.6. The normalized spacial score (nSPS) is 17.9. The number of fused-ring (bicyclic) bond motifs is 1. The van der Waals surface area contributed by atoms with Crippen LogP contribution in [0.25, 0.3) is 0 Å². The molecule has 0 radical (unpaired) electrons. The van der Waals surface area contributed by atoms with Gasteiger partial charge in [0.05, 0.1) is 12.2 Å². The standard InChI is InChI=1S/C17H22N8/c1-4-15-20-21-16-10-23(5-6-25(15)16)13-8-24(9-13)17-14(7-18)11(2)12(3)19-22-17/h13H,4-6,8-10H2,1-3H3. The van der Waals surface area contributed by atoms with Crippen LogP contribution in [-0.2, 0) is 19.5 Å². The maximum atomic E-state index is 9.47. The van der Waals surface area contributed by atoms with Crippen molar-refractivity contribution in [3.05, 3.63) is 28.5 Å². The molecule has 4 rings (SSSR count). The van der Waals surface area contributed by atoms with E-state index in [1.54, 1.807) is 0 Å². The fraction of sp³-hybridized carbons (Fsp3) is 0.588. The maximum absolute atomic E-state index is 9.47. The molecule has 8 heteroatoms. The minimum absolute atomic E-state index is 0.463. The monoisotopic (exact) mass is 338 g/mol. The number of nitriles is 1. The number of aryl methyl sites for hydroxylation is 2. The Bertz CT molecular complexity index is 843. The number of nitrogens with zero attached hydrogens (tertiary/aromatic N) is 8. The molecule has 1 fully saturated rings. The molecule has 130 valence electrons. The first-order valence-electron chi connectivity index (χ1n) is 8.76. The van der Waals surface area contributed by atoms with E-state index in [-0.39, 0.29) is 0 Å². The third-order valence-corrected chi connectivity index (χ3v) is 5.40. The van der Waals surface area contributed by atoms with Gasteiger partial charge in [-0.25, -0.2) is 0 Å². The summed E-state index contributed by atoms with van der Waals surface area (Å²) in [5, 5.41) is 26.5. The molecule has 25 heavy (non-hydrogen) atoms. The van der Waals surface area contributed by atoms with Crippen molar-refractivity contribution in [1.82, 2.24) is 29.9 Å². The molecule has 0 unspecified atom stereocenters. The van der Waals surface area contributed by atoms with E-state index in [1.807, 2.05) is 13.8 Å². The molecule has 0 spiro atoms. The average molecular weight is 338 g/mol. The summed E-state index contributed by atoms with van der Waals surface area (Å²) in [5.74, 6) is 2.86. The zero-order valence-electron chi connectivity index (χ0n) is 14.9. The summed E-state index contributed by atoms with van der Waals surface area (Å²) < 4.78 is 2.25. The third kappa shape index (κ3) is 2.55. The Kier molecular flexibility index (Phi) is 3.88. The van der Waals surface area contributed by atoms with Crippen LogP contribution in [0.1, 0.15) is 35.4 Å². The van der Waals surface area contributed by atoms with Crippen LogP contribution in [0.15, 0.2) is 0 Å². The second-order valence-corrected chi connectivity index (χ2v) is 6.79. The van der Waals surface area contributed by atoms with Gasteiger partial charge in [-0.2, -0.15) is 10.4 Å². The molecule has 0 bridgehead atoms. The number of aromatic nitrogens is 5. The Balaban J connectivity index is 1.45. The zero-order valence-corrected chi connectivity index (χ0v) is 14.9. The summed E-state index contributed by atoms with van der Waals surface area (Å²) in [4.78, 5) is 4.61. The third-order valence-electron chi connectivity index (χ3n) is 5.40. The molecule has 4 heterocycles. The highest BCUT2D eigenvalue weighted by Crippen LogP contribution is 2.28. The molecule has 0 saturated carbocycles. The predicted molar refractivity (Wildman–Crippen MR) is 92.0 cm³/mol. The molecule has 8 nitrogen and oxygen atoms in total. The molecule has 2 aromatic heterocycles. The summed E-state index contributed by atoms with van der Waals surface area (Å²) in [6.07, 6.45) is 0.923. The summed E-state index contributed by atoms with van der Waals surface area (Å²) in [7, 11) is 0. The fourth-order valence-corrected chi connectivity index (χ4v) is 3.62. The van der Waals surface area contributed by atoms with Gasteiger partial charge in [-0.1, -0.05) is 6.92 Å². The average Bonchev–Trinajstić information content (AvgIpc) is 2.99. The lowest BCUT2D eigenvalue weighted by atomic mass is 10.0. The molecule has 0 N–H and O–H groups in total. The second-order valence-electron chi connectivity index (χ2n) is 6.79. The van der Waals surface area contributed by atoms with E-state index in [1.165, 1.54) is 0 Å². The van der Waals surface area contributed by atoms with Gasteiger partial charge in [0.2, 0.25) is 0 Å². The summed E-state index contributed by atoms with van der Waals surface area (Å²) >= 11 is 0. The lowest BCUT2D eigenvalue weighted by Gasteiger charge is -2.47. The van der Waals surface area contributed by atoms with Crippen LogP contribution in [0.4, 0.5) is 5.82 Å². The van der Waals surface area contributed by atoms with E-state index in [0.717, 1.165) is 67.9 Å². The molecule has 2 aliphatic rings. The van der Waals surface area contributed by atoms with E-state index in [9.17, 15) is 5.26 Å². The minimum Gasteiger partial charge on any atom is -0.351 e. The highest BCUT2D eigenvalue weighted by Gasteiger charge is 2.36. The van der Waals surface area contributed by atoms with E-state index < -0.39 is 0 Å². The van der Waals surface area contributed by atoms with Crippen molar-refractivity contribution in [2.75, 3.05) is 24.5 Å². The van der Waals surface area contributed by atoms with Crippen molar-refractivity contribution in [2.24, 2.45) is 0 Å². The molecular weight excluding hydrogens is 316 g/mol. The Morgan fingerprint density at radius 3 is 2.64 bits per heavy atom. The Hall–Kier alpha value is -2.53. The molecule has 0 aliphatic carbocycles. The van der Waals surface area contributed by atoms with Gasteiger partial charge in [-0.3, -0.25) is 4.90 Å². The van der Waals surface area contributed by atoms with Gasteiger partial charge in [-0.15, -0.1) is 15.3 Å². The van der Waals surface area contributed by atoms with Crippen LogP contribution in [0, 0.1) is 25.2 Å². The fourth-order valence-electron chi connectivity index (χ4n) is 3.62. The SMILES string of the molecule is CCc1nnc2n1CCN(C1CN(c3nnc(C)c(C)c3C#N)C1)C2. The molecular formula is C17H22N8. The van der Waals surface area contributed by atoms with E-state index in [4.69, 9.17) is 0 Å². The van der Waals surface area contributed by atoms with Crippen molar-refractivity contribution in [3.8, 4) is 6.07 Å². The summed E-state index contributed by atoms with van der Waals surface area (Å²) in [5.41, 5.74) is 2.39. The van der Waals surface area contributed by atoms with Gasteiger partial charge in [0, 0.05) is 38.6 Å². The van der Waals surface area contributed by atoms with Crippen LogP contribution < -0.4 is 4.90 Å². The topological polar surface area (TPSA) is 86.8 Å². The van der Waals surface area contributed by atoms with Crippen LogP contribution in [0.5, 0.6) is 0 Å². The molecule has 2 aliphatic heterocycles. The number of anilines is 1. The molecule has 0 amide bonds. The Morgan fingerprint density at radius 1 is 1.12 bits per heavy atom. The van der Waals surface area contributed by atoms with E-state index in [2.05, 4.69) is 47.8 Å². The Labute approximate surface area is 147 Å². The smallest absolute Gasteiger partial charge is 0.169 e. The number of hydrogen-bond acceptors (Lipinski definition) is 7. The number of rotatable bonds is 3. The molecule has 0 aromatic carbocycles. The van der Waals surface area contributed by atoms with E-state index in [0.29, 0.717) is 11.6 Å². The largest absolute Gasteiger partial charge is 0.351 e. The van der Waals surface area contributed by atoms with Crippen molar-refractivity contribution < 1.29 is 0 Å². The Morgan fingerprint density at radius 2 is 1.92 bits per heavy atom. The van der Waals surface area contributed by atoms with Crippen molar-refractivity contribution in [3.63, 3.8) is 0 Å². The summed E-state index contributed by atoms with van der Waals surface area (Å²) in [6, 6.07) is 2.75. The number of hydrogen-bond donors (Lipinski definition) is 0. The van der Waals surface area contributed by atoms with Gasteiger partial charge in [0.15, 0.2) is 5.82 Å². The van der Waals surface area contributed by atoms with Gasteiger partial charge in [0.25, 0.3) is 0 Å². The molecule has 0 atom stereocenters. The van der Waals surface area contributed by atoms with Crippen molar-refractivity contribution in [2.45, 2.75) is 46.3 Å². The van der Waals surface area contributed by atoms with Crippen molar-refractivity contribution >= 4 is 5.82 Å². The second kappa shape index (κ2) is 6.08. The molecule has 2 aromatic rings. The highest BCUT2D eigenvalue weighted by atomic mass is 15.4. The highest BCUT2D eigenvalue weighted by molar-refractivity contribution is 5.59. The first-order chi connectivity index (χ1) is 12.1. The van der Waals surface area contributed by atoms with Crippen LogP contribution in [0.3, 0.4) is 0 Å². The predicted octanol–water partition coefficient (Wildman–Crippen LogP) is 0.823. The van der Waals surface area contributed by atoms with Crippen molar-refractivity contribution in [1.29, 1.82) is 5.26 Å². The van der Waals surface area contributed by atoms with Crippen LogP contribution >= 0.6 is 0 Å². The van der Waals surface area contributed by atoms with Gasteiger partial charge < -0.3 is 9.47 Å². The molecule has 1 saturated heterocycles. The van der Waals surface area contributed by atoms with Crippen LogP contribution in [0.2, 0.25) is 0 Å². The maximum Gasteiger partial charge on any atom is 0.169 e. The first-order valence-corrected chi connectivity index (χ1v) is 8.76. The first kappa shape index (κ1) is 16.0. The van der Waals surface area contributed by atoms with Crippen LogP contribution in [-0.4, -0.2) is 55.5 Å². The van der Waals surface area contributed by atoms with Gasteiger partial charge in [0.1, 0.15) is 23.3 Å². The lowest BCUT2D eigenvalue weighted by Crippen LogP contribution is -2.61. The van der Waals surface area contributed by atoms with E-state index >= 15 is 0 Å². The van der Waals surface area contributed by atoms with Gasteiger partial charge >= 0.3 is 0 Å². The summed E-state index contributed by atoms with van der Waals surface area (Å²) in [6.45, 7) is 10.5. The quantitative estimate of drug-likeness (QED) is 0.819.